The zero-order valence-electron chi connectivity index (χ0n) is 21.5. The van der Waals surface area contributed by atoms with Gasteiger partial charge in [0.15, 0.2) is 5.75 Å². The van der Waals surface area contributed by atoms with Crippen molar-refractivity contribution in [3.8, 4) is 11.5 Å². The molecule has 0 aliphatic carbocycles. The van der Waals surface area contributed by atoms with Crippen molar-refractivity contribution >= 4 is 17.3 Å². The van der Waals surface area contributed by atoms with Gasteiger partial charge < -0.3 is 19.1 Å². The van der Waals surface area contributed by atoms with Gasteiger partial charge in [0.2, 0.25) is 0 Å². The van der Waals surface area contributed by atoms with Crippen LogP contribution in [0.15, 0.2) is 66.7 Å². The number of ether oxygens (including phenoxy) is 3. The summed E-state index contributed by atoms with van der Waals surface area (Å²) in [7, 11) is 1.68. The molecule has 8 heteroatoms. The number of carbonyl (C=O) groups excluding carboxylic acids is 1. The maximum Gasteiger partial charge on any atom is 0.311 e. The van der Waals surface area contributed by atoms with E-state index in [1.54, 1.807) is 19.2 Å². The van der Waals surface area contributed by atoms with Gasteiger partial charge in [-0.05, 0) is 60.6 Å². The number of rotatable bonds is 9. The summed E-state index contributed by atoms with van der Waals surface area (Å²) in [5.41, 5.74) is 3.72. The van der Waals surface area contributed by atoms with E-state index in [0.29, 0.717) is 25.0 Å². The molecular weight excluding hydrogens is 484 g/mol. The number of esters is 1. The summed E-state index contributed by atoms with van der Waals surface area (Å²) in [6.07, 6.45) is 3.31. The Morgan fingerprint density at radius 3 is 2.50 bits per heavy atom. The minimum Gasteiger partial charge on any atom is -0.495 e. The molecule has 8 nitrogen and oxygen atoms in total. The molecule has 2 aliphatic rings. The first-order valence-corrected chi connectivity index (χ1v) is 13.1. The monoisotopic (exact) mass is 516 g/mol. The summed E-state index contributed by atoms with van der Waals surface area (Å²) >= 11 is 0. The highest BCUT2D eigenvalue weighted by atomic mass is 16.6. The second kappa shape index (κ2) is 11.5. The van der Waals surface area contributed by atoms with Crippen molar-refractivity contribution in [3.63, 3.8) is 0 Å². The number of hydrogen-bond donors (Lipinski definition) is 0. The molecule has 2 saturated heterocycles. The van der Waals surface area contributed by atoms with Crippen LogP contribution in [0.3, 0.4) is 0 Å². The second-order valence-corrected chi connectivity index (χ2v) is 9.92. The minimum atomic E-state index is -0.441. The summed E-state index contributed by atoms with van der Waals surface area (Å²) in [6, 6.07) is 20.6. The first-order chi connectivity index (χ1) is 18.5. The van der Waals surface area contributed by atoms with E-state index in [4.69, 9.17) is 14.2 Å². The van der Waals surface area contributed by atoms with Gasteiger partial charge in [-0.1, -0.05) is 42.5 Å². The van der Waals surface area contributed by atoms with Gasteiger partial charge in [-0.3, -0.25) is 14.9 Å². The second-order valence-electron chi connectivity index (χ2n) is 9.92. The molecule has 198 valence electrons. The molecule has 2 atom stereocenters. The summed E-state index contributed by atoms with van der Waals surface area (Å²) in [5.74, 6) is 0.457. The molecule has 0 spiro atoms. The largest absolute Gasteiger partial charge is 0.495 e. The number of hydrogen-bond acceptors (Lipinski definition) is 7. The van der Waals surface area contributed by atoms with Crippen molar-refractivity contribution in [1.29, 1.82) is 0 Å². The van der Waals surface area contributed by atoms with Crippen molar-refractivity contribution in [2.75, 3.05) is 31.7 Å². The maximum absolute atomic E-state index is 12.7. The smallest absolute Gasteiger partial charge is 0.311 e. The third-order valence-corrected chi connectivity index (χ3v) is 7.39. The minimum absolute atomic E-state index is 0.0495. The van der Waals surface area contributed by atoms with Crippen LogP contribution >= 0.6 is 0 Å². The van der Waals surface area contributed by atoms with Crippen LogP contribution in [0.25, 0.3) is 0 Å². The molecule has 2 fully saturated rings. The van der Waals surface area contributed by atoms with E-state index in [9.17, 15) is 14.9 Å². The Labute approximate surface area is 222 Å². The van der Waals surface area contributed by atoms with E-state index in [0.717, 1.165) is 35.7 Å². The Hall–Kier alpha value is -4.07. The lowest BCUT2D eigenvalue weighted by Gasteiger charge is -2.30. The van der Waals surface area contributed by atoms with Crippen molar-refractivity contribution in [1.82, 2.24) is 0 Å². The summed E-state index contributed by atoms with van der Waals surface area (Å²) in [6.45, 7) is 2.57. The van der Waals surface area contributed by atoms with E-state index >= 15 is 0 Å². The molecule has 2 heterocycles. The van der Waals surface area contributed by atoms with Crippen LogP contribution in [0.4, 0.5) is 11.4 Å². The number of nitro groups is 1. The highest BCUT2D eigenvalue weighted by molar-refractivity contribution is 5.74. The molecule has 3 aromatic rings. The lowest BCUT2D eigenvalue weighted by Crippen LogP contribution is -2.31. The van der Waals surface area contributed by atoms with Gasteiger partial charge in [-0.15, -0.1) is 0 Å². The molecule has 2 unspecified atom stereocenters. The third kappa shape index (κ3) is 5.74. The first kappa shape index (κ1) is 25.6. The first-order valence-electron chi connectivity index (χ1n) is 13.1. The topological polar surface area (TPSA) is 91.1 Å². The number of nitro benzene ring substituents is 1. The van der Waals surface area contributed by atoms with Crippen molar-refractivity contribution in [2.24, 2.45) is 5.92 Å². The molecular formula is C30H32N2O6. The van der Waals surface area contributed by atoms with Crippen LogP contribution in [0, 0.1) is 16.0 Å². The van der Waals surface area contributed by atoms with Crippen LogP contribution in [-0.4, -0.2) is 37.7 Å². The third-order valence-electron chi connectivity index (χ3n) is 7.39. The average Bonchev–Trinajstić information content (AvgIpc) is 3.49. The van der Waals surface area contributed by atoms with Crippen molar-refractivity contribution < 1.29 is 23.9 Å². The lowest BCUT2D eigenvalue weighted by atomic mass is 9.84. The van der Waals surface area contributed by atoms with Crippen LogP contribution < -0.4 is 14.4 Å². The van der Waals surface area contributed by atoms with Gasteiger partial charge in [0.05, 0.1) is 30.2 Å². The summed E-state index contributed by atoms with van der Waals surface area (Å²) < 4.78 is 17.0. The highest BCUT2D eigenvalue weighted by Gasteiger charge is 2.33. The van der Waals surface area contributed by atoms with Crippen molar-refractivity contribution in [3.05, 3.63) is 93.5 Å². The Morgan fingerprint density at radius 1 is 1.00 bits per heavy atom. The van der Waals surface area contributed by atoms with E-state index in [-0.39, 0.29) is 35.8 Å². The molecule has 0 radical (unpaired) electrons. The predicted molar refractivity (Wildman–Crippen MR) is 144 cm³/mol. The van der Waals surface area contributed by atoms with E-state index in [1.165, 1.54) is 18.9 Å². The van der Waals surface area contributed by atoms with Crippen LogP contribution in [0.2, 0.25) is 0 Å². The van der Waals surface area contributed by atoms with E-state index in [1.807, 2.05) is 42.5 Å². The van der Waals surface area contributed by atoms with Crippen LogP contribution in [0.5, 0.6) is 11.5 Å². The fourth-order valence-corrected chi connectivity index (χ4v) is 5.35. The summed E-state index contributed by atoms with van der Waals surface area (Å²) in [5, 5.41) is 11.8. The zero-order chi connectivity index (χ0) is 26.5. The predicted octanol–water partition coefficient (Wildman–Crippen LogP) is 5.67. The summed E-state index contributed by atoms with van der Waals surface area (Å²) in [4.78, 5) is 26.4. The number of nitrogens with zero attached hydrogens (tertiary/aromatic N) is 2. The van der Waals surface area contributed by atoms with E-state index in [2.05, 4.69) is 11.0 Å². The van der Waals surface area contributed by atoms with E-state index < -0.39 is 4.92 Å². The number of benzene rings is 3. The standard InChI is InChI=1S/C30H32N2O6/c1-36-28-12-10-23(18-26(28)31-13-5-6-14-31)25-17-24(30(33)38-20-25)15-22-9-11-29(27(16-22)32(34)35)37-19-21-7-3-2-4-8-21/h2-4,7-12,16,18,24-25H,5-6,13-15,17,19-20H2,1H3. The van der Waals surface area contributed by atoms with Gasteiger partial charge in [0.1, 0.15) is 12.4 Å². The Bertz CT molecular complexity index is 1290. The van der Waals surface area contributed by atoms with Gasteiger partial charge in [-0.25, -0.2) is 0 Å². The molecule has 5 rings (SSSR count). The molecule has 0 N–H and O–H groups in total. The van der Waals surface area contributed by atoms with Crippen LogP contribution in [0.1, 0.15) is 41.9 Å². The molecule has 0 bridgehead atoms. The fraction of sp³-hybridized carbons (Fsp3) is 0.367. The fourth-order valence-electron chi connectivity index (χ4n) is 5.35. The van der Waals surface area contributed by atoms with Gasteiger partial charge in [-0.2, -0.15) is 0 Å². The molecule has 0 saturated carbocycles. The lowest BCUT2D eigenvalue weighted by molar-refractivity contribution is -0.386. The highest BCUT2D eigenvalue weighted by Crippen LogP contribution is 2.38. The maximum atomic E-state index is 12.7. The Kier molecular flexibility index (Phi) is 7.77. The molecule has 3 aromatic carbocycles. The van der Waals surface area contributed by atoms with Gasteiger partial charge >= 0.3 is 11.7 Å². The van der Waals surface area contributed by atoms with Crippen LogP contribution in [-0.2, 0) is 22.6 Å². The SMILES string of the molecule is COc1ccc(C2COC(=O)C(Cc3ccc(OCc4ccccc4)c([N+](=O)[O-])c3)C2)cc1N1CCCC1. The normalized spacial score (nSPS) is 19.2. The zero-order valence-corrected chi connectivity index (χ0v) is 21.5. The molecule has 2 aliphatic heterocycles. The Balaban J connectivity index is 1.30. The number of cyclic esters (lactones) is 1. The number of methoxy groups -OCH3 is 1. The van der Waals surface area contributed by atoms with Gasteiger partial charge in [0, 0.05) is 25.1 Å². The average molecular weight is 517 g/mol. The Morgan fingerprint density at radius 2 is 1.76 bits per heavy atom. The molecule has 0 amide bonds. The molecule has 0 aromatic heterocycles. The van der Waals surface area contributed by atoms with Crippen molar-refractivity contribution in [2.45, 2.75) is 38.2 Å². The number of anilines is 1. The van der Waals surface area contributed by atoms with Gasteiger partial charge in [0.25, 0.3) is 0 Å². The number of carbonyl (C=O) groups is 1. The molecule has 38 heavy (non-hydrogen) atoms. The quantitative estimate of drug-likeness (QED) is 0.206.